The van der Waals surface area contributed by atoms with E-state index < -0.39 is 60.5 Å². The first kappa shape index (κ1) is 30.9. The third kappa shape index (κ3) is 12.3. The van der Waals surface area contributed by atoms with E-state index in [1.165, 1.54) is 36.4 Å². The summed E-state index contributed by atoms with van der Waals surface area (Å²) in [5, 5.41) is 21.4. The molecule has 0 aliphatic rings. The van der Waals surface area contributed by atoms with E-state index in [-0.39, 0.29) is 48.6 Å². The van der Waals surface area contributed by atoms with Gasteiger partial charge < -0.3 is 28.4 Å². The average Bonchev–Trinajstić information content (AvgIpc) is 2.93. The lowest BCUT2D eigenvalue weighted by Gasteiger charge is -2.08. The van der Waals surface area contributed by atoms with Gasteiger partial charge >= 0.3 is 23.9 Å². The minimum atomic E-state index is -0.863. The van der Waals surface area contributed by atoms with Gasteiger partial charge in [0, 0.05) is 25.0 Å². The maximum absolute atomic E-state index is 11.7. The number of benzene rings is 2. The van der Waals surface area contributed by atoms with Gasteiger partial charge in [-0.3, -0.25) is 29.8 Å². The van der Waals surface area contributed by atoms with Gasteiger partial charge in [-0.2, -0.15) is 0 Å². The molecule has 0 N–H and O–H groups in total. The van der Waals surface area contributed by atoms with Crippen molar-refractivity contribution >= 4 is 35.3 Å². The summed E-state index contributed by atoms with van der Waals surface area (Å²) in [6.45, 7) is -2.43. The fourth-order valence-electron chi connectivity index (χ4n) is 2.75. The first-order valence-electron chi connectivity index (χ1n) is 11.5. The molecule has 214 valence electrons. The van der Waals surface area contributed by atoms with E-state index in [1.807, 2.05) is 0 Å². The normalized spacial score (nSPS) is 10.1. The number of carbonyl (C=O) groups is 4. The summed E-state index contributed by atoms with van der Waals surface area (Å²) in [4.78, 5) is 66.8. The van der Waals surface area contributed by atoms with Crippen LogP contribution in [0, 0.1) is 20.2 Å². The topological polar surface area (TPSA) is 210 Å². The molecule has 40 heavy (non-hydrogen) atoms. The molecule has 0 fully saturated rings. The van der Waals surface area contributed by atoms with Crippen LogP contribution in [0.5, 0.6) is 11.5 Å². The van der Waals surface area contributed by atoms with Crippen molar-refractivity contribution in [1.29, 1.82) is 0 Å². The van der Waals surface area contributed by atoms with Crippen LogP contribution in [0.3, 0.4) is 0 Å². The zero-order valence-electron chi connectivity index (χ0n) is 20.9. The Balaban J connectivity index is 1.48. The summed E-state index contributed by atoms with van der Waals surface area (Å²) in [6, 6.07) is 10.4. The Morgan fingerprint density at radius 1 is 0.600 bits per heavy atom. The molecule has 2 aromatic carbocycles. The Hall–Kier alpha value is -5.28. The van der Waals surface area contributed by atoms with Crippen LogP contribution in [0.2, 0.25) is 0 Å². The van der Waals surface area contributed by atoms with E-state index in [9.17, 15) is 39.4 Å². The molecular weight excluding hydrogens is 540 g/mol. The quantitative estimate of drug-likeness (QED) is 0.0889. The van der Waals surface area contributed by atoms with Crippen LogP contribution in [0.25, 0.3) is 0 Å². The molecule has 0 aliphatic heterocycles. The number of non-ortho nitro benzene ring substituents is 2. The fraction of sp³-hybridized carbons (Fsp3) is 0.333. The molecule has 0 heterocycles. The molecule has 0 amide bonds. The molecular formula is C24H24N2O14. The number of hydrogen-bond donors (Lipinski definition) is 0. The SMILES string of the molecule is O=C(CCCCC(=O)OCOC(=O)COc1cccc([N+](=O)[O-])c1)OCOC(=O)COc1cccc([N+](=O)[O-])c1. The van der Waals surface area contributed by atoms with Gasteiger partial charge in [0.1, 0.15) is 11.5 Å². The van der Waals surface area contributed by atoms with Crippen LogP contribution in [-0.2, 0) is 38.1 Å². The molecule has 2 aromatic rings. The van der Waals surface area contributed by atoms with Crippen LogP contribution >= 0.6 is 0 Å². The number of hydrogen-bond acceptors (Lipinski definition) is 14. The highest BCUT2D eigenvalue weighted by Crippen LogP contribution is 2.20. The molecule has 0 saturated carbocycles. The minimum Gasteiger partial charge on any atom is -0.482 e. The van der Waals surface area contributed by atoms with Crippen molar-refractivity contribution in [3.63, 3.8) is 0 Å². The highest BCUT2D eigenvalue weighted by Gasteiger charge is 2.12. The van der Waals surface area contributed by atoms with E-state index >= 15 is 0 Å². The number of nitrogens with zero attached hydrogens (tertiary/aromatic N) is 2. The number of ether oxygens (including phenoxy) is 6. The Labute approximate surface area is 226 Å². The zero-order valence-corrected chi connectivity index (χ0v) is 20.9. The third-order valence-electron chi connectivity index (χ3n) is 4.66. The molecule has 0 spiro atoms. The van der Waals surface area contributed by atoms with Crippen LogP contribution in [-0.4, -0.2) is 60.5 Å². The summed E-state index contributed by atoms with van der Waals surface area (Å²) in [6.07, 6.45) is 0.376. The Kier molecular flexibility index (Phi) is 12.8. The lowest BCUT2D eigenvalue weighted by molar-refractivity contribution is -0.385. The molecule has 0 atom stereocenters. The lowest BCUT2D eigenvalue weighted by Crippen LogP contribution is -2.18. The smallest absolute Gasteiger partial charge is 0.347 e. The molecule has 0 aliphatic carbocycles. The van der Waals surface area contributed by atoms with Gasteiger partial charge in [0.2, 0.25) is 13.6 Å². The molecule has 0 radical (unpaired) electrons. The molecule has 16 nitrogen and oxygen atoms in total. The van der Waals surface area contributed by atoms with E-state index in [4.69, 9.17) is 18.9 Å². The third-order valence-corrected chi connectivity index (χ3v) is 4.66. The number of esters is 4. The fourth-order valence-corrected chi connectivity index (χ4v) is 2.75. The molecule has 0 unspecified atom stereocenters. The van der Waals surface area contributed by atoms with E-state index in [0.29, 0.717) is 0 Å². The lowest BCUT2D eigenvalue weighted by atomic mass is 10.2. The van der Waals surface area contributed by atoms with Gasteiger partial charge in [0.15, 0.2) is 13.2 Å². The van der Waals surface area contributed by atoms with Crippen LogP contribution in [0.4, 0.5) is 11.4 Å². The van der Waals surface area contributed by atoms with Gasteiger partial charge in [0.05, 0.1) is 22.0 Å². The van der Waals surface area contributed by atoms with E-state index in [2.05, 4.69) is 9.47 Å². The standard InChI is InChI=1S/C24H24N2O14/c27-21(37-15-39-23(29)13-35-19-7-3-5-17(11-19)25(31)32)9-1-2-10-22(28)38-16-40-24(30)14-36-20-8-4-6-18(12-20)26(33)34/h3-8,11-12H,1-2,9-10,13-16H2. The molecule has 2 rings (SSSR count). The van der Waals surface area contributed by atoms with Crippen molar-refractivity contribution in [3.8, 4) is 11.5 Å². The molecule has 0 bridgehead atoms. The van der Waals surface area contributed by atoms with Crippen LogP contribution in [0.1, 0.15) is 25.7 Å². The Morgan fingerprint density at radius 3 is 1.35 bits per heavy atom. The molecule has 0 saturated heterocycles. The van der Waals surface area contributed by atoms with Gasteiger partial charge in [0.25, 0.3) is 11.4 Å². The van der Waals surface area contributed by atoms with Crippen molar-refractivity contribution in [2.24, 2.45) is 0 Å². The van der Waals surface area contributed by atoms with Crippen molar-refractivity contribution in [2.45, 2.75) is 25.7 Å². The summed E-state index contributed by atoms with van der Waals surface area (Å²) in [7, 11) is 0. The Bertz CT molecular complexity index is 1120. The monoisotopic (exact) mass is 564 g/mol. The molecule has 0 aromatic heterocycles. The Morgan fingerprint density at radius 2 is 0.975 bits per heavy atom. The highest BCUT2D eigenvalue weighted by molar-refractivity contribution is 5.73. The predicted molar refractivity (Wildman–Crippen MR) is 130 cm³/mol. The van der Waals surface area contributed by atoms with Crippen molar-refractivity contribution in [1.82, 2.24) is 0 Å². The summed E-state index contributed by atoms with van der Waals surface area (Å²) < 4.78 is 29.0. The average molecular weight is 564 g/mol. The largest absolute Gasteiger partial charge is 0.482 e. The second-order valence-electron chi connectivity index (χ2n) is 7.59. The summed E-state index contributed by atoms with van der Waals surface area (Å²) >= 11 is 0. The number of nitro benzene ring substituents is 2. The minimum absolute atomic E-state index is 0.0705. The number of unbranched alkanes of at least 4 members (excludes halogenated alkanes) is 1. The van der Waals surface area contributed by atoms with Gasteiger partial charge in [-0.1, -0.05) is 12.1 Å². The number of rotatable bonds is 17. The van der Waals surface area contributed by atoms with Crippen LogP contribution < -0.4 is 9.47 Å². The van der Waals surface area contributed by atoms with Gasteiger partial charge in [-0.25, -0.2) is 9.59 Å². The highest BCUT2D eigenvalue weighted by atomic mass is 16.7. The molecule has 16 heteroatoms. The maximum atomic E-state index is 11.7. The van der Waals surface area contributed by atoms with Crippen molar-refractivity contribution < 1.29 is 57.4 Å². The van der Waals surface area contributed by atoms with E-state index in [0.717, 1.165) is 12.1 Å². The second-order valence-corrected chi connectivity index (χ2v) is 7.59. The second kappa shape index (κ2) is 16.5. The summed E-state index contributed by atoms with van der Waals surface area (Å²) in [5.41, 5.74) is -0.418. The first-order valence-corrected chi connectivity index (χ1v) is 11.5. The zero-order chi connectivity index (χ0) is 29.3. The van der Waals surface area contributed by atoms with Crippen LogP contribution in [0.15, 0.2) is 48.5 Å². The summed E-state index contributed by atoms with van der Waals surface area (Å²) in [5.74, 6) is -2.91. The first-order chi connectivity index (χ1) is 19.1. The maximum Gasteiger partial charge on any atom is 0.347 e. The van der Waals surface area contributed by atoms with Gasteiger partial charge in [-0.15, -0.1) is 0 Å². The predicted octanol–water partition coefficient (Wildman–Crippen LogP) is 2.61. The number of nitro groups is 2. The van der Waals surface area contributed by atoms with E-state index in [1.54, 1.807) is 0 Å². The van der Waals surface area contributed by atoms with Crippen molar-refractivity contribution in [2.75, 3.05) is 26.8 Å². The number of carbonyl (C=O) groups excluding carboxylic acids is 4. The van der Waals surface area contributed by atoms with Gasteiger partial charge in [-0.05, 0) is 25.0 Å². The van der Waals surface area contributed by atoms with Crippen molar-refractivity contribution in [3.05, 3.63) is 68.8 Å².